The number of Topliss-reactive ketones (excluding diaryl/α,β-unsaturated/α-hetero) is 1. The van der Waals surface area contributed by atoms with Crippen molar-refractivity contribution in [2.45, 2.75) is 6.04 Å². The van der Waals surface area contributed by atoms with Crippen LogP contribution in [-0.2, 0) is 9.59 Å². The second-order valence-electron chi connectivity index (χ2n) is 7.16. The highest BCUT2D eigenvalue weighted by molar-refractivity contribution is 6.51. The predicted molar refractivity (Wildman–Crippen MR) is 119 cm³/mol. The first-order chi connectivity index (χ1) is 15.5. The number of amides is 1. The lowest BCUT2D eigenvalue weighted by Crippen LogP contribution is -2.29. The Kier molecular flexibility index (Phi) is 5.55. The van der Waals surface area contributed by atoms with Gasteiger partial charge in [-0.3, -0.25) is 14.5 Å². The van der Waals surface area contributed by atoms with Gasteiger partial charge in [-0.25, -0.2) is 0 Å². The summed E-state index contributed by atoms with van der Waals surface area (Å²) in [6, 6.07) is 18.7. The Morgan fingerprint density at radius 1 is 0.875 bits per heavy atom. The molecule has 0 radical (unpaired) electrons. The molecule has 0 saturated carbocycles. The Morgan fingerprint density at radius 2 is 1.53 bits per heavy atom. The van der Waals surface area contributed by atoms with Crippen LogP contribution in [0.15, 0.2) is 78.4 Å². The third kappa shape index (κ3) is 3.54. The number of anilines is 1. The van der Waals surface area contributed by atoms with Crippen molar-refractivity contribution in [2.75, 3.05) is 19.1 Å². The highest BCUT2D eigenvalue weighted by Crippen LogP contribution is 2.43. The first-order valence-electron chi connectivity index (χ1n) is 9.83. The molecule has 0 aromatic heterocycles. The Labute approximate surface area is 184 Å². The minimum Gasteiger partial charge on any atom is -0.508 e. The molecule has 3 aromatic rings. The number of hydrogen-bond donors (Lipinski definition) is 2. The van der Waals surface area contributed by atoms with Crippen LogP contribution in [0.5, 0.6) is 17.2 Å². The first kappa shape index (κ1) is 21.0. The van der Waals surface area contributed by atoms with Crippen LogP contribution in [0.4, 0.5) is 5.69 Å². The van der Waals surface area contributed by atoms with Gasteiger partial charge in [0.2, 0.25) is 0 Å². The molecule has 1 saturated heterocycles. The molecule has 7 heteroatoms. The van der Waals surface area contributed by atoms with Gasteiger partial charge in [0.05, 0.1) is 31.4 Å². The number of methoxy groups -OCH3 is 2. The molecule has 1 atom stereocenters. The molecule has 4 rings (SSSR count). The number of carbonyl (C=O) groups is 2. The molecule has 1 unspecified atom stereocenters. The molecule has 1 aliphatic heterocycles. The van der Waals surface area contributed by atoms with Gasteiger partial charge in [-0.2, -0.15) is 0 Å². The van der Waals surface area contributed by atoms with E-state index in [0.29, 0.717) is 28.3 Å². The van der Waals surface area contributed by atoms with Gasteiger partial charge in [0.15, 0.2) is 0 Å². The van der Waals surface area contributed by atoms with Crippen LogP contribution >= 0.6 is 0 Å². The molecule has 0 spiro atoms. The zero-order valence-electron chi connectivity index (χ0n) is 17.5. The summed E-state index contributed by atoms with van der Waals surface area (Å²) in [5.41, 5.74) is 1.24. The zero-order chi connectivity index (χ0) is 22.8. The maximum Gasteiger partial charge on any atom is 0.300 e. The van der Waals surface area contributed by atoms with E-state index in [4.69, 9.17) is 9.47 Å². The third-order valence-corrected chi connectivity index (χ3v) is 5.37. The zero-order valence-corrected chi connectivity index (χ0v) is 17.5. The number of phenolic OH excluding ortho intramolecular Hbond substituents is 1. The SMILES string of the molecule is COc1ccc(N2C(=O)C(=O)/C(=C(\O)c3ccccc3OC)C2c2ccc(O)cc2)cc1. The summed E-state index contributed by atoms with van der Waals surface area (Å²) in [4.78, 5) is 27.6. The van der Waals surface area contributed by atoms with Crippen molar-refractivity contribution >= 4 is 23.1 Å². The van der Waals surface area contributed by atoms with Crippen molar-refractivity contribution in [3.05, 3.63) is 89.5 Å². The number of ether oxygens (including phenoxy) is 2. The van der Waals surface area contributed by atoms with Crippen molar-refractivity contribution in [1.82, 2.24) is 0 Å². The first-order valence-corrected chi connectivity index (χ1v) is 9.83. The van der Waals surface area contributed by atoms with Gasteiger partial charge in [-0.1, -0.05) is 24.3 Å². The van der Waals surface area contributed by atoms with E-state index in [1.165, 1.54) is 31.3 Å². The molecule has 1 fully saturated rings. The van der Waals surface area contributed by atoms with E-state index in [0.717, 1.165) is 0 Å². The Morgan fingerprint density at radius 3 is 2.16 bits per heavy atom. The molecule has 0 aliphatic carbocycles. The molecule has 0 bridgehead atoms. The van der Waals surface area contributed by atoms with Gasteiger partial charge in [0.1, 0.15) is 23.0 Å². The van der Waals surface area contributed by atoms with E-state index in [2.05, 4.69) is 0 Å². The number of aliphatic hydroxyl groups is 1. The number of ketones is 1. The number of aliphatic hydroxyl groups excluding tert-OH is 1. The number of para-hydroxylation sites is 1. The van der Waals surface area contributed by atoms with Crippen LogP contribution in [0.1, 0.15) is 17.2 Å². The number of rotatable bonds is 5. The van der Waals surface area contributed by atoms with Crippen molar-refractivity contribution in [3.8, 4) is 17.2 Å². The van der Waals surface area contributed by atoms with Gasteiger partial charge in [-0.05, 0) is 54.1 Å². The minimum absolute atomic E-state index is 0.0416. The number of carbonyl (C=O) groups excluding carboxylic acids is 2. The van der Waals surface area contributed by atoms with Gasteiger partial charge >= 0.3 is 0 Å². The summed E-state index contributed by atoms with van der Waals surface area (Å²) >= 11 is 0. The minimum atomic E-state index is -0.908. The van der Waals surface area contributed by atoms with E-state index in [1.807, 2.05) is 0 Å². The Bertz CT molecular complexity index is 1200. The second-order valence-corrected chi connectivity index (χ2v) is 7.16. The van der Waals surface area contributed by atoms with E-state index in [-0.39, 0.29) is 17.1 Å². The summed E-state index contributed by atoms with van der Waals surface area (Å²) in [7, 11) is 2.99. The van der Waals surface area contributed by atoms with E-state index in [1.54, 1.807) is 60.7 Å². The highest BCUT2D eigenvalue weighted by atomic mass is 16.5. The molecule has 162 valence electrons. The van der Waals surface area contributed by atoms with Crippen molar-refractivity contribution in [3.63, 3.8) is 0 Å². The van der Waals surface area contributed by atoms with E-state index in [9.17, 15) is 19.8 Å². The lowest BCUT2D eigenvalue weighted by atomic mass is 9.94. The van der Waals surface area contributed by atoms with Crippen molar-refractivity contribution < 1.29 is 29.3 Å². The fourth-order valence-corrected chi connectivity index (χ4v) is 3.80. The molecular formula is C25H21NO6. The second kappa shape index (κ2) is 8.47. The molecule has 1 heterocycles. The highest BCUT2D eigenvalue weighted by Gasteiger charge is 2.47. The van der Waals surface area contributed by atoms with Crippen molar-refractivity contribution in [1.29, 1.82) is 0 Å². The molecular weight excluding hydrogens is 410 g/mol. The summed E-state index contributed by atoms with van der Waals surface area (Å²) < 4.78 is 10.5. The molecule has 32 heavy (non-hydrogen) atoms. The van der Waals surface area contributed by atoms with Gasteiger partial charge in [-0.15, -0.1) is 0 Å². The Hall–Kier alpha value is -4.26. The summed E-state index contributed by atoms with van der Waals surface area (Å²) in [6.07, 6.45) is 0. The van der Waals surface area contributed by atoms with Crippen LogP contribution < -0.4 is 14.4 Å². The van der Waals surface area contributed by atoms with Gasteiger partial charge in [0, 0.05) is 5.69 Å². The van der Waals surface area contributed by atoms with Crippen LogP contribution in [0.25, 0.3) is 5.76 Å². The lowest BCUT2D eigenvalue weighted by Gasteiger charge is -2.25. The third-order valence-electron chi connectivity index (χ3n) is 5.37. The number of nitrogens with zero attached hydrogens (tertiary/aromatic N) is 1. The van der Waals surface area contributed by atoms with E-state index >= 15 is 0 Å². The van der Waals surface area contributed by atoms with Crippen LogP contribution in [-0.4, -0.2) is 36.1 Å². The quantitative estimate of drug-likeness (QED) is 0.360. The predicted octanol–water partition coefficient (Wildman–Crippen LogP) is 4.04. The fraction of sp³-hybridized carbons (Fsp3) is 0.120. The largest absolute Gasteiger partial charge is 0.508 e. The average molecular weight is 431 g/mol. The number of aromatic hydroxyl groups is 1. The number of phenols is 1. The van der Waals surface area contributed by atoms with Gasteiger partial charge < -0.3 is 19.7 Å². The summed E-state index contributed by atoms with van der Waals surface area (Å²) in [5.74, 6) is -0.924. The van der Waals surface area contributed by atoms with Gasteiger partial charge in [0.25, 0.3) is 11.7 Å². The number of benzene rings is 3. The topological polar surface area (TPSA) is 96.3 Å². The van der Waals surface area contributed by atoms with Crippen molar-refractivity contribution in [2.24, 2.45) is 0 Å². The molecule has 2 N–H and O–H groups in total. The van der Waals surface area contributed by atoms with Crippen LogP contribution in [0, 0.1) is 0 Å². The van der Waals surface area contributed by atoms with Crippen LogP contribution in [0.3, 0.4) is 0 Å². The molecule has 3 aromatic carbocycles. The Balaban J connectivity index is 1.94. The van der Waals surface area contributed by atoms with E-state index < -0.39 is 17.7 Å². The fourth-order valence-electron chi connectivity index (χ4n) is 3.80. The standard InChI is InChI=1S/C25H21NO6/c1-31-18-13-9-16(10-14-18)26-22(15-7-11-17(27)12-8-15)21(24(29)25(26)30)23(28)19-5-3-4-6-20(19)32-2/h3-14,22,27-28H,1-2H3/b23-21-. The smallest absolute Gasteiger partial charge is 0.300 e. The van der Waals surface area contributed by atoms with Crippen LogP contribution in [0.2, 0.25) is 0 Å². The number of hydrogen-bond acceptors (Lipinski definition) is 6. The monoisotopic (exact) mass is 431 g/mol. The normalized spacial score (nSPS) is 17.4. The maximum absolute atomic E-state index is 13.2. The molecule has 1 aliphatic rings. The average Bonchev–Trinajstić information content (AvgIpc) is 3.09. The lowest BCUT2D eigenvalue weighted by molar-refractivity contribution is -0.132. The summed E-state index contributed by atoms with van der Waals surface area (Å²) in [5, 5.41) is 20.9. The summed E-state index contributed by atoms with van der Waals surface area (Å²) in [6.45, 7) is 0. The maximum atomic E-state index is 13.2. The molecule has 7 nitrogen and oxygen atoms in total. The molecule has 1 amide bonds.